The molecule has 1 heterocycles. The van der Waals surface area contributed by atoms with E-state index < -0.39 is 11.4 Å². The first-order chi connectivity index (χ1) is 8.90. The van der Waals surface area contributed by atoms with Crippen molar-refractivity contribution in [2.75, 3.05) is 18.5 Å². The molecule has 2 atom stereocenters. The summed E-state index contributed by atoms with van der Waals surface area (Å²) in [6, 6.07) is 2.88. The minimum atomic E-state index is -0.906. The molecule has 0 radical (unpaired) electrons. The van der Waals surface area contributed by atoms with Crippen LogP contribution in [-0.2, 0) is 4.74 Å². The SMILES string of the molecule is CCO[C@@H]1C[C@](O)(CNc2ncccc2F)C1(C)C. The topological polar surface area (TPSA) is 54.4 Å². The monoisotopic (exact) mass is 268 g/mol. The molecule has 1 aromatic heterocycles. The third-order valence-corrected chi connectivity index (χ3v) is 4.20. The first kappa shape index (κ1) is 14.2. The van der Waals surface area contributed by atoms with E-state index >= 15 is 0 Å². The number of ether oxygens (including phenoxy) is 1. The van der Waals surface area contributed by atoms with Crippen LogP contribution in [0.1, 0.15) is 27.2 Å². The number of halogens is 1. The zero-order chi connectivity index (χ0) is 14.1. The smallest absolute Gasteiger partial charge is 0.165 e. The molecule has 0 amide bonds. The molecule has 5 heteroatoms. The third kappa shape index (κ3) is 2.44. The van der Waals surface area contributed by atoms with Crippen LogP contribution in [0.3, 0.4) is 0 Å². The lowest BCUT2D eigenvalue weighted by molar-refractivity contribution is -0.233. The van der Waals surface area contributed by atoms with Crippen LogP contribution < -0.4 is 5.32 Å². The summed E-state index contributed by atoms with van der Waals surface area (Å²) in [4.78, 5) is 3.91. The lowest BCUT2D eigenvalue weighted by Gasteiger charge is -2.58. The number of pyridine rings is 1. The highest BCUT2D eigenvalue weighted by molar-refractivity contribution is 5.36. The van der Waals surface area contributed by atoms with Crippen molar-refractivity contribution >= 4 is 5.82 Å². The van der Waals surface area contributed by atoms with E-state index in [0.29, 0.717) is 13.0 Å². The highest BCUT2D eigenvalue weighted by atomic mass is 19.1. The van der Waals surface area contributed by atoms with Gasteiger partial charge in [0.15, 0.2) is 11.6 Å². The Morgan fingerprint density at radius 3 is 2.89 bits per heavy atom. The molecule has 2 rings (SSSR count). The maximum absolute atomic E-state index is 13.4. The van der Waals surface area contributed by atoms with Gasteiger partial charge in [-0.25, -0.2) is 9.37 Å². The minimum Gasteiger partial charge on any atom is -0.387 e. The summed E-state index contributed by atoms with van der Waals surface area (Å²) in [6.45, 7) is 6.76. The van der Waals surface area contributed by atoms with Crippen LogP contribution >= 0.6 is 0 Å². The van der Waals surface area contributed by atoms with Gasteiger partial charge in [0.2, 0.25) is 0 Å². The number of hydrogen-bond donors (Lipinski definition) is 2. The number of nitrogens with zero attached hydrogens (tertiary/aromatic N) is 1. The molecule has 1 saturated carbocycles. The summed E-state index contributed by atoms with van der Waals surface area (Å²) < 4.78 is 19.0. The van der Waals surface area contributed by atoms with Crippen molar-refractivity contribution in [3.05, 3.63) is 24.1 Å². The van der Waals surface area contributed by atoms with Crippen molar-refractivity contribution in [1.82, 2.24) is 4.98 Å². The van der Waals surface area contributed by atoms with E-state index in [4.69, 9.17) is 4.74 Å². The molecule has 1 aromatic rings. The number of hydrogen-bond acceptors (Lipinski definition) is 4. The largest absolute Gasteiger partial charge is 0.387 e. The zero-order valence-electron chi connectivity index (χ0n) is 11.6. The van der Waals surface area contributed by atoms with Crippen LogP contribution in [0.2, 0.25) is 0 Å². The van der Waals surface area contributed by atoms with E-state index in [0.717, 1.165) is 0 Å². The molecule has 2 N–H and O–H groups in total. The summed E-state index contributed by atoms with van der Waals surface area (Å²) in [6.07, 6.45) is 2.11. The molecule has 0 saturated heterocycles. The van der Waals surface area contributed by atoms with Gasteiger partial charge in [0.05, 0.1) is 11.7 Å². The fourth-order valence-corrected chi connectivity index (χ4v) is 2.51. The van der Waals surface area contributed by atoms with Gasteiger partial charge in [0.25, 0.3) is 0 Å². The zero-order valence-corrected chi connectivity index (χ0v) is 11.6. The molecule has 1 aliphatic carbocycles. The average molecular weight is 268 g/mol. The van der Waals surface area contributed by atoms with Crippen LogP contribution in [-0.4, -0.2) is 34.9 Å². The van der Waals surface area contributed by atoms with Crippen LogP contribution in [0.15, 0.2) is 18.3 Å². The van der Waals surface area contributed by atoms with Gasteiger partial charge in [-0.2, -0.15) is 0 Å². The molecule has 4 nitrogen and oxygen atoms in total. The van der Waals surface area contributed by atoms with Crippen molar-refractivity contribution < 1.29 is 14.2 Å². The van der Waals surface area contributed by atoms with Crippen molar-refractivity contribution in [3.63, 3.8) is 0 Å². The van der Waals surface area contributed by atoms with Gasteiger partial charge in [0, 0.05) is 31.2 Å². The minimum absolute atomic E-state index is 0.0397. The van der Waals surface area contributed by atoms with Crippen LogP contribution in [0.25, 0.3) is 0 Å². The predicted molar refractivity (Wildman–Crippen MR) is 71.4 cm³/mol. The fraction of sp³-hybridized carbons (Fsp3) is 0.643. The molecule has 0 bridgehead atoms. The van der Waals surface area contributed by atoms with E-state index in [-0.39, 0.29) is 23.9 Å². The van der Waals surface area contributed by atoms with Gasteiger partial charge in [-0.05, 0) is 19.1 Å². The fourth-order valence-electron chi connectivity index (χ4n) is 2.51. The normalized spacial score (nSPS) is 28.8. The standard InChI is InChI=1S/C14H21FN2O2/c1-4-19-11-8-14(18,13(11,2)3)9-17-12-10(15)6-5-7-16-12/h5-7,11,18H,4,8-9H2,1-3H3,(H,16,17)/t11-,14+/m1/s1. The lowest BCUT2D eigenvalue weighted by Crippen LogP contribution is -2.67. The van der Waals surface area contributed by atoms with Crippen molar-refractivity contribution in [2.45, 2.75) is 38.9 Å². The number of nitrogens with one attached hydrogen (secondary N) is 1. The quantitative estimate of drug-likeness (QED) is 0.859. The van der Waals surface area contributed by atoms with Crippen LogP contribution in [0.4, 0.5) is 10.2 Å². The molecule has 1 aliphatic rings. The highest BCUT2D eigenvalue weighted by Gasteiger charge is 2.59. The van der Waals surface area contributed by atoms with E-state index in [9.17, 15) is 9.50 Å². The first-order valence-corrected chi connectivity index (χ1v) is 6.59. The van der Waals surface area contributed by atoms with Gasteiger partial charge in [-0.3, -0.25) is 0 Å². The molecule has 106 valence electrons. The Bertz CT molecular complexity index is 453. The lowest BCUT2D eigenvalue weighted by atomic mass is 9.56. The number of anilines is 1. The van der Waals surface area contributed by atoms with E-state index in [1.54, 1.807) is 0 Å². The van der Waals surface area contributed by atoms with Gasteiger partial charge < -0.3 is 15.2 Å². The summed E-state index contributed by atoms with van der Waals surface area (Å²) in [5.41, 5.74) is -1.27. The van der Waals surface area contributed by atoms with Gasteiger partial charge in [-0.1, -0.05) is 13.8 Å². The molecule has 0 aliphatic heterocycles. The Morgan fingerprint density at radius 2 is 2.32 bits per heavy atom. The van der Waals surface area contributed by atoms with Crippen LogP contribution in [0.5, 0.6) is 0 Å². The van der Waals surface area contributed by atoms with E-state index in [2.05, 4.69) is 10.3 Å². The van der Waals surface area contributed by atoms with Crippen molar-refractivity contribution in [2.24, 2.45) is 5.41 Å². The maximum Gasteiger partial charge on any atom is 0.165 e. The molecule has 0 unspecified atom stereocenters. The molecular weight excluding hydrogens is 247 g/mol. The average Bonchev–Trinajstić information content (AvgIpc) is 2.37. The molecule has 19 heavy (non-hydrogen) atoms. The Balaban J connectivity index is 1.99. The number of aliphatic hydroxyl groups is 1. The van der Waals surface area contributed by atoms with E-state index in [1.807, 2.05) is 20.8 Å². The first-order valence-electron chi connectivity index (χ1n) is 6.59. The second-order valence-corrected chi connectivity index (χ2v) is 5.59. The Labute approximate surface area is 113 Å². The van der Waals surface area contributed by atoms with Crippen LogP contribution in [0, 0.1) is 11.2 Å². The van der Waals surface area contributed by atoms with Gasteiger partial charge in [-0.15, -0.1) is 0 Å². The highest BCUT2D eigenvalue weighted by Crippen LogP contribution is 2.51. The Hall–Kier alpha value is -1.20. The number of rotatable bonds is 5. The second-order valence-electron chi connectivity index (χ2n) is 5.59. The Morgan fingerprint density at radius 1 is 1.58 bits per heavy atom. The second kappa shape index (κ2) is 5.06. The molecule has 1 fully saturated rings. The maximum atomic E-state index is 13.4. The summed E-state index contributed by atoms with van der Waals surface area (Å²) in [7, 11) is 0. The molecular formula is C14H21FN2O2. The molecule has 0 aromatic carbocycles. The van der Waals surface area contributed by atoms with E-state index in [1.165, 1.54) is 18.3 Å². The van der Waals surface area contributed by atoms with Gasteiger partial charge >= 0.3 is 0 Å². The Kier molecular flexibility index (Phi) is 3.78. The summed E-state index contributed by atoms with van der Waals surface area (Å²) >= 11 is 0. The van der Waals surface area contributed by atoms with Crippen molar-refractivity contribution in [3.8, 4) is 0 Å². The molecule has 0 spiro atoms. The van der Waals surface area contributed by atoms with Gasteiger partial charge in [0.1, 0.15) is 0 Å². The predicted octanol–water partition coefficient (Wildman–Crippen LogP) is 2.20. The van der Waals surface area contributed by atoms with Crippen molar-refractivity contribution in [1.29, 1.82) is 0 Å². The third-order valence-electron chi connectivity index (χ3n) is 4.20. The number of aromatic nitrogens is 1. The summed E-state index contributed by atoms with van der Waals surface area (Å²) in [5, 5.41) is 13.5. The summed E-state index contributed by atoms with van der Waals surface area (Å²) in [5.74, 6) is -0.240.